The molecule has 0 bridgehead atoms. The Bertz CT molecular complexity index is 969. The van der Waals surface area contributed by atoms with Crippen molar-refractivity contribution >= 4 is 22.9 Å². The van der Waals surface area contributed by atoms with Crippen LogP contribution in [0.15, 0.2) is 48.5 Å². The molecule has 7 heteroatoms. The third-order valence-electron chi connectivity index (χ3n) is 5.78. The van der Waals surface area contributed by atoms with Gasteiger partial charge in [-0.1, -0.05) is 30.3 Å². The Labute approximate surface area is 177 Å². The van der Waals surface area contributed by atoms with Crippen LogP contribution < -0.4 is 15.0 Å². The molecule has 0 aliphatic carbocycles. The van der Waals surface area contributed by atoms with E-state index in [4.69, 9.17) is 9.72 Å². The molecule has 1 aromatic heterocycles. The summed E-state index contributed by atoms with van der Waals surface area (Å²) in [5, 5.41) is 3.06. The predicted octanol–water partition coefficient (Wildman–Crippen LogP) is 2.79. The molecule has 1 aliphatic rings. The Kier molecular flexibility index (Phi) is 6.18. The van der Waals surface area contributed by atoms with Crippen molar-refractivity contribution in [2.24, 2.45) is 0 Å². The van der Waals surface area contributed by atoms with Gasteiger partial charge < -0.3 is 19.9 Å². The lowest BCUT2D eigenvalue weighted by atomic mass is 10.2. The number of hydrogen-bond donors (Lipinski definition) is 2. The molecular weight excluding hydrogens is 378 g/mol. The number of H-pyrrole nitrogens is 1. The van der Waals surface area contributed by atoms with Gasteiger partial charge in [-0.2, -0.15) is 0 Å². The number of benzene rings is 2. The first-order chi connectivity index (χ1) is 14.7. The van der Waals surface area contributed by atoms with Crippen LogP contribution in [0.3, 0.4) is 0 Å². The summed E-state index contributed by atoms with van der Waals surface area (Å²) in [7, 11) is 1.65. The summed E-state index contributed by atoms with van der Waals surface area (Å²) in [6.45, 7) is 5.91. The average Bonchev–Trinajstić information content (AvgIpc) is 3.06. The van der Waals surface area contributed by atoms with Crippen molar-refractivity contribution in [2.45, 2.75) is 25.9 Å². The number of nitrogens with one attached hydrogen (secondary N) is 2. The number of nitrogens with zero attached hydrogens (tertiary/aromatic N) is 3. The minimum Gasteiger partial charge on any atom is -0.496 e. The van der Waals surface area contributed by atoms with Gasteiger partial charge in [0.15, 0.2) is 0 Å². The van der Waals surface area contributed by atoms with Crippen LogP contribution in [-0.2, 0) is 11.3 Å². The number of methoxy groups -OCH3 is 1. The van der Waals surface area contributed by atoms with Crippen molar-refractivity contribution in [1.29, 1.82) is 0 Å². The largest absolute Gasteiger partial charge is 0.496 e. The van der Waals surface area contributed by atoms with Gasteiger partial charge >= 0.3 is 0 Å². The van der Waals surface area contributed by atoms with Gasteiger partial charge in [0.1, 0.15) is 5.75 Å². The Morgan fingerprint density at radius 2 is 1.93 bits per heavy atom. The fourth-order valence-electron chi connectivity index (χ4n) is 3.97. The van der Waals surface area contributed by atoms with Crippen LogP contribution in [0.25, 0.3) is 11.0 Å². The van der Waals surface area contributed by atoms with Gasteiger partial charge in [-0.05, 0) is 31.5 Å². The normalized spacial score (nSPS) is 16.3. The van der Waals surface area contributed by atoms with Gasteiger partial charge in [0.05, 0.1) is 24.2 Å². The molecule has 7 nitrogen and oxygen atoms in total. The third-order valence-corrected chi connectivity index (χ3v) is 5.78. The quantitative estimate of drug-likeness (QED) is 0.657. The number of para-hydroxylation sites is 3. The van der Waals surface area contributed by atoms with Crippen LogP contribution in [0.2, 0.25) is 0 Å². The van der Waals surface area contributed by atoms with Crippen molar-refractivity contribution in [3.8, 4) is 5.75 Å². The minimum atomic E-state index is -0.185. The number of hydrogen-bond acceptors (Lipinski definition) is 5. The Morgan fingerprint density at radius 3 is 2.77 bits per heavy atom. The molecule has 0 radical (unpaired) electrons. The van der Waals surface area contributed by atoms with Crippen LogP contribution in [0, 0.1) is 0 Å². The zero-order valence-corrected chi connectivity index (χ0v) is 17.6. The molecule has 2 N–H and O–H groups in total. The first kappa shape index (κ1) is 20.2. The van der Waals surface area contributed by atoms with Crippen molar-refractivity contribution in [3.05, 3.63) is 54.1 Å². The molecule has 158 valence electrons. The van der Waals surface area contributed by atoms with Gasteiger partial charge in [0, 0.05) is 38.3 Å². The molecule has 4 rings (SSSR count). The lowest BCUT2D eigenvalue weighted by Crippen LogP contribution is -2.46. The fourth-order valence-corrected chi connectivity index (χ4v) is 3.97. The van der Waals surface area contributed by atoms with E-state index in [1.807, 2.05) is 55.5 Å². The number of carbonyl (C=O) groups excluding carboxylic acids is 1. The highest BCUT2D eigenvalue weighted by Gasteiger charge is 2.25. The van der Waals surface area contributed by atoms with Crippen molar-refractivity contribution in [2.75, 3.05) is 38.2 Å². The summed E-state index contributed by atoms with van der Waals surface area (Å²) >= 11 is 0. The number of aromatic nitrogens is 2. The van der Waals surface area contributed by atoms with Crippen molar-refractivity contribution < 1.29 is 9.53 Å². The number of amides is 1. The molecule has 0 saturated carbocycles. The van der Waals surface area contributed by atoms with E-state index >= 15 is 0 Å². The summed E-state index contributed by atoms with van der Waals surface area (Å²) < 4.78 is 5.37. The Hall–Kier alpha value is -3.06. The van der Waals surface area contributed by atoms with Crippen LogP contribution >= 0.6 is 0 Å². The number of aromatic amines is 1. The molecule has 1 unspecified atom stereocenters. The number of fused-ring (bicyclic) bond motifs is 1. The van der Waals surface area contributed by atoms with E-state index in [-0.39, 0.29) is 11.9 Å². The highest BCUT2D eigenvalue weighted by Crippen LogP contribution is 2.19. The molecule has 0 spiro atoms. The summed E-state index contributed by atoms with van der Waals surface area (Å²) in [5.41, 5.74) is 3.02. The Balaban J connectivity index is 1.34. The van der Waals surface area contributed by atoms with Crippen LogP contribution in [0.4, 0.5) is 5.95 Å². The smallest absolute Gasteiger partial charge is 0.237 e. The maximum atomic E-state index is 12.8. The molecule has 3 aromatic rings. The molecule has 1 fully saturated rings. The molecule has 2 aromatic carbocycles. The van der Waals surface area contributed by atoms with Crippen molar-refractivity contribution in [3.63, 3.8) is 0 Å². The number of anilines is 1. The third kappa shape index (κ3) is 4.41. The predicted molar refractivity (Wildman–Crippen MR) is 119 cm³/mol. The first-order valence-corrected chi connectivity index (χ1v) is 10.5. The molecule has 1 aliphatic heterocycles. The number of rotatable bonds is 6. The Morgan fingerprint density at radius 1 is 1.13 bits per heavy atom. The van der Waals surface area contributed by atoms with Crippen LogP contribution in [-0.4, -0.2) is 60.1 Å². The first-order valence-electron chi connectivity index (χ1n) is 10.5. The fraction of sp³-hybridized carbons (Fsp3) is 0.391. The van der Waals surface area contributed by atoms with E-state index < -0.39 is 0 Å². The molecule has 2 heterocycles. The topological polar surface area (TPSA) is 73.5 Å². The van der Waals surface area contributed by atoms with Gasteiger partial charge in [0.25, 0.3) is 0 Å². The number of ether oxygens (including phenoxy) is 1. The van der Waals surface area contributed by atoms with E-state index in [0.29, 0.717) is 6.54 Å². The van der Waals surface area contributed by atoms with E-state index in [0.717, 1.165) is 60.9 Å². The van der Waals surface area contributed by atoms with Crippen molar-refractivity contribution in [1.82, 2.24) is 20.2 Å². The maximum Gasteiger partial charge on any atom is 0.237 e. The van der Waals surface area contributed by atoms with Crippen LogP contribution in [0.5, 0.6) is 5.75 Å². The molecule has 30 heavy (non-hydrogen) atoms. The summed E-state index contributed by atoms with van der Waals surface area (Å²) in [6, 6.07) is 15.7. The average molecular weight is 408 g/mol. The highest BCUT2D eigenvalue weighted by atomic mass is 16.5. The van der Waals surface area contributed by atoms with Crippen LogP contribution in [0.1, 0.15) is 18.9 Å². The second-order valence-corrected chi connectivity index (χ2v) is 7.66. The lowest BCUT2D eigenvalue weighted by molar-refractivity contribution is -0.126. The summed E-state index contributed by atoms with van der Waals surface area (Å²) in [5.74, 6) is 1.74. The summed E-state index contributed by atoms with van der Waals surface area (Å²) in [6.07, 6.45) is 0.987. The van der Waals surface area contributed by atoms with Gasteiger partial charge in [0.2, 0.25) is 11.9 Å². The maximum absolute atomic E-state index is 12.8. The number of imidazole rings is 1. The second kappa shape index (κ2) is 9.17. The molecule has 1 atom stereocenters. The molecule has 1 amide bonds. The van der Waals surface area contributed by atoms with Gasteiger partial charge in [-0.25, -0.2) is 4.98 Å². The monoisotopic (exact) mass is 407 g/mol. The van der Waals surface area contributed by atoms with E-state index in [1.54, 1.807) is 7.11 Å². The van der Waals surface area contributed by atoms with Gasteiger partial charge in [-0.3, -0.25) is 9.69 Å². The molecular formula is C23H29N5O2. The van der Waals surface area contributed by atoms with Gasteiger partial charge in [-0.15, -0.1) is 0 Å². The zero-order chi connectivity index (χ0) is 20.9. The highest BCUT2D eigenvalue weighted by molar-refractivity contribution is 5.81. The summed E-state index contributed by atoms with van der Waals surface area (Å²) in [4.78, 5) is 25.4. The minimum absolute atomic E-state index is 0.0399. The van der Waals surface area contributed by atoms with E-state index in [2.05, 4.69) is 20.1 Å². The lowest BCUT2D eigenvalue weighted by Gasteiger charge is -2.27. The zero-order valence-electron chi connectivity index (χ0n) is 17.6. The van der Waals surface area contributed by atoms with E-state index in [1.165, 1.54) is 0 Å². The number of carbonyl (C=O) groups is 1. The van der Waals surface area contributed by atoms with E-state index in [9.17, 15) is 4.79 Å². The molecule has 1 saturated heterocycles. The standard InChI is InChI=1S/C23H29N5O2/c1-17(22(29)24-16-18-8-3-6-11-21(18)30-2)27-12-7-13-28(15-14-27)23-25-19-9-4-5-10-20(19)26-23/h3-6,8-11,17H,7,12-16H2,1-2H3,(H,24,29)(H,25,26). The second-order valence-electron chi connectivity index (χ2n) is 7.66. The SMILES string of the molecule is COc1ccccc1CNC(=O)C(C)N1CCCN(c2nc3ccccc3[nH]2)CC1.